The molecule has 1 fully saturated rings. The van der Waals surface area contributed by atoms with E-state index in [1.54, 1.807) is 4.90 Å². The summed E-state index contributed by atoms with van der Waals surface area (Å²) in [4.78, 5) is 13.9. The summed E-state index contributed by atoms with van der Waals surface area (Å²) < 4.78 is 24.4. The molecule has 6 heteroatoms. The number of fused-ring (bicyclic) bond motifs is 1. The summed E-state index contributed by atoms with van der Waals surface area (Å²) in [5.74, 6) is 0.288. The standard InChI is InChI=1S/C14H17FN2O3/c15-10-8-11(13-12(9-10)19-6-7-20-13)16-14(18)17-4-2-1-3-5-17/h8-9H,1-7H2,(H,16,18). The number of piperidine rings is 1. The normalized spacial score (nSPS) is 17.8. The van der Waals surface area contributed by atoms with Gasteiger partial charge in [-0.15, -0.1) is 0 Å². The summed E-state index contributed by atoms with van der Waals surface area (Å²) in [6.45, 7) is 2.25. The molecule has 108 valence electrons. The lowest BCUT2D eigenvalue weighted by Gasteiger charge is -2.28. The van der Waals surface area contributed by atoms with Crippen LogP contribution in [0.3, 0.4) is 0 Å². The Kier molecular flexibility index (Phi) is 3.62. The van der Waals surface area contributed by atoms with E-state index in [4.69, 9.17) is 9.47 Å². The summed E-state index contributed by atoms with van der Waals surface area (Å²) in [6.07, 6.45) is 3.17. The molecular formula is C14H17FN2O3. The highest BCUT2D eigenvalue weighted by atomic mass is 19.1. The number of likely N-dealkylation sites (tertiary alicyclic amines) is 1. The van der Waals surface area contributed by atoms with Crippen molar-refractivity contribution in [1.29, 1.82) is 0 Å². The molecule has 0 aromatic heterocycles. The van der Waals surface area contributed by atoms with Crippen LogP contribution >= 0.6 is 0 Å². The number of anilines is 1. The van der Waals surface area contributed by atoms with Gasteiger partial charge in [0.2, 0.25) is 0 Å². The lowest BCUT2D eigenvalue weighted by atomic mass is 10.1. The van der Waals surface area contributed by atoms with Crippen molar-refractivity contribution in [3.63, 3.8) is 0 Å². The minimum atomic E-state index is -0.455. The number of hydrogen-bond donors (Lipinski definition) is 1. The maximum atomic E-state index is 13.5. The Bertz CT molecular complexity index is 515. The predicted octanol–water partition coefficient (Wildman–Crippen LogP) is 2.61. The molecule has 2 aliphatic heterocycles. The number of nitrogens with zero attached hydrogens (tertiary/aromatic N) is 1. The van der Waals surface area contributed by atoms with E-state index in [1.807, 2.05) is 0 Å². The second-order valence-corrected chi connectivity index (χ2v) is 4.96. The van der Waals surface area contributed by atoms with Gasteiger partial charge in [0.1, 0.15) is 19.0 Å². The number of halogens is 1. The summed E-state index contributed by atoms with van der Waals surface area (Å²) >= 11 is 0. The zero-order valence-corrected chi connectivity index (χ0v) is 11.2. The van der Waals surface area contributed by atoms with Gasteiger partial charge in [0.15, 0.2) is 11.5 Å². The van der Waals surface area contributed by atoms with Crippen molar-refractivity contribution < 1.29 is 18.7 Å². The zero-order valence-electron chi connectivity index (χ0n) is 11.2. The van der Waals surface area contributed by atoms with Crippen molar-refractivity contribution in [3.8, 4) is 11.5 Å². The number of hydrogen-bond acceptors (Lipinski definition) is 3. The van der Waals surface area contributed by atoms with Crippen LogP contribution < -0.4 is 14.8 Å². The quantitative estimate of drug-likeness (QED) is 0.860. The molecule has 2 amide bonds. The molecule has 1 N–H and O–H groups in total. The Morgan fingerprint density at radius 3 is 2.70 bits per heavy atom. The third-order valence-corrected chi connectivity index (χ3v) is 3.49. The van der Waals surface area contributed by atoms with Crippen LogP contribution in [0.4, 0.5) is 14.9 Å². The Morgan fingerprint density at radius 1 is 1.15 bits per heavy atom. The number of ether oxygens (including phenoxy) is 2. The average molecular weight is 280 g/mol. The molecule has 1 aromatic rings. The number of carbonyl (C=O) groups is 1. The summed E-state index contributed by atoms with van der Waals surface area (Å²) in [7, 11) is 0. The fourth-order valence-electron chi connectivity index (χ4n) is 2.50. The van der Waals surface area contributed by atoms with Crippen LogP contribution in [-0.4, -0.2) is 37.2 Å². The number of amides is 2. The van der Waals surface area contributed by atoms with E-state index < -0.39 is 5.82 Å². The van der Waals surface area contributed by atoms with Crippen LogP contribution in [-0.2, 0) is 0 Å². The minimum absolute atomic E-state index is 0.216. The van der Waals surface area contributed by atoms with Crippen LogP contribution in [0.1, 0.15) is 19.3 Å². The monoisotopic (exact) mass is 280 g/mol. The smallest absolute Gasteiger partial charge is 0.321 e. The highest BCUT2D eigenvalue weighted by Gasteiger charge is 2.22. The molecule has 1 aromatic carbocycles. The lowest BCUT2D eigenvalue weighted by molar-refractivity contribution is 0.171. The number of benzene rings is 1. The maximum absolute atomic E-state index is 13.5. The molecule has 0 unspecified atom stereocenters. The first-order chi connectivity index (χ1) is 9.74. The van der Waals surface area contributed by atoms with Crippen molar-refractivity contribution in [2.24, 2.45) is 0 Å². The maximum Gasteiger partial charge on any atom is 0.321 e. The van der Waals surface area contributed by atoms with E-state index in [9.17, 15) is 9.18 Å². The van der Waals surface area contributed by atoms with Gasteiger partial charge < -0.3 is 19.7 Å². The molecule has 5 nitrogen and oxygen atoms in total. The van der Waals surface area contributed by atoms with Crippen molar-refractivity contribution >= 4 is 11.7 Å². The first-order valence-corrected chi connectivity index (χ1v) is 6.89. The highest BCUT2D eigenvalue weighted by Crippen LogP contribution is 2.38. The molecule has 0 bridgehead atoms. The van der Waals surface area contributed by atoms with Crippen molar-refractivity contribution in [2.75, 3.05) is 31.6 Å². The zero-order chi connectivity index (χ0) is 13.9. The third-order valence-electron chi connectivity index (χ3n) is 3.49. The van der Waals surface area contributed by atoms with Crippen molar-refractivity contribution in [1.82, 2.24) is 4.90 Å². The number of nitrogens with one attached hydrogen (secondary N) is 1. The fraction of sp³-hybridized carbons (Fsp3) is 0.500. The van der Waals surface area contributed by atoms with Crippen molar-refractivity contribution in [3.05, 3.63) is 17.9 Å². The topological polar surface area (TPSA) is 50.8 Å². The van der Waals surface area contributed by atoms with Gasteiger partial charge in [-0.3, -0.25) is 0 Å². The van der Waals surface area contributed by atoms with E-state index in [1.165, 1.54) is 12.1 Å². The molecule has 0 saturated carbocycles. The van der Waals surface area contributed by atoms with E-state index in [2.05, 4.69) is 5.32 Å². The molecule has 1 saturated heterocycles. The minimum Gasteiger partial charge on any atom is -0.486 e. The predicted molar refractivity (Wildman–Crippen MR) is 71.8 cm³/mol. The Balaban J connectivity index is 1.79. The molecule has 0 aliphatic carbocycles. The molecular weight excluding hydrogens is 263 g/mol. The molecule has 0 spiro atoms. The largest absolute Gasteiger partial charge is 0.486 e. The van der Waals surface area contributed by atoms with Gasteiger partial charge in [0.05, 0.1) is 5.69 Å². The highest BCUT2D eigenvalue weighted by molar-refractivity contribution is 5.91. The van der Waals surface area contributed by atoms with Gasteiger partial charge in [0, 0.05) is 25.2 Å². The second kappa shape index (κ2) is 5.56. The van der Waals surface area contributed by atoms with E-state index in [-0.39, 0.29) is 6.03 Å². The number of urea groups is 1. The van der Waals surface area contributed by atoms with Crippen LogP contribution in [0, 0.1) is 5.82 Å². The molecule has 0 radical (unpaired) electrons. The Morgan fingerprint density at radius 2 is 1.90 bits per heavy atom. The summed E-state index contributed by atoms with van der Waals surface area (Å²) in [5, 5.41) is 2.72. The van der Waals surface area contributed by atoms with Gasteiger partial charge in [-0.2, -0.15) is 0 Å². The molecule has 2 aliphatic rings. The molecule has 3 rings (SSSR count). The number of carbonyl (C=O) groups excluding carboxylic acids is 1. The van der Waals surface area contributed by atoms with Crippen LogP contribution in [0.25, 0.3) is 0 Å². The Labute approximate surface area is 116 Å². The van der Waals surface area contributed by atoms with Crippen LogP contribution in [0.15, 0.2) is 12.1 Å². The summed E-state index contributed by atoms with van der Waals surface area (Å²) in [6, 6.07) is 2.31. The molecule has 2 heterocycles. The summed E-state index contributed by atoms with van der Waals surface area (Å²) in [5.41, 5.74) is 0.329. The Hall–Kier alpha value is -1.98. The van der Waals surface area contributed by atoms with Crippen LogP contribution in [0.5, 0.6) is 11.5 Å². The number of rotatable bonds is 1. The van der Waals surface area contributed by atoms with Gasteiger partial charge in [0.25, 0.3) is 0 Å². The van der Waals surface area contributed by atoms with Gasteiger partial charge in [-0.1, -0.05) is 0 Å². The average Bonchev–Trinajstić information content (AvgIpc) is 2.48. The van der Waals surface area contributed by atoms with Crippen LogP contribution in [0.2, 0.25) is 0 Å². The van der Waals surface area contributed by atoms with Crippen molar-refractivity contribution in [2.45, 2.75) is 19.3 Å². The van der Waals surface area contributed by atoms with E-state index in [0.717, 1.165) is 32.4 Å². The molecule has 0 atom stereocenters. The van der Waals surface area contributed by atoms with E-state index in [0.29, 0.717) is 30.4 Å². The lowest BCUT2D eigenvalue weighted by Crippen LogP contribution is -2.38. The van der Waals surface area contributed by atoms with E-state index >= 15 is 0 Å². The first-order valence-electron chi connectivity index (χ1n) is 6.89. The van der Waals surface area contributed by atoms with Gasteiger partial charge >= 0.3 is 6.03 Å². The SMILES string of the molecule is O=C(Nc1cc(F)cc2c1OCCO2)N1CCCCC1. The fourth-order valence-corrected chi connectivity index (χ4v) is 2.50. The van der Waals surface area contributed by atoms with Gasteiger partial charge in [-0.05, 0) is 19.3 Å². The molecule has 20 heavy (non-hydrogen) atoms. The second-order valence-electron chi connectivity index (χ2n) is 4.96. The third kappa shape index (κ3) is 2.64. The van der Waals surface area contributed by atoms with Gasteiger partial charge in [-0.25, -0.2) is 9.18 Å². The first kappa shape index (κ1) is 13.0.